The average Bonchev–Trinajstić information content (AvgIpc) is 2.81. The molecule has 0 radical (unpaired) electrons. The Kier molecular flexibility index (Phi) is 4.68. The molecule has 1 heterocycles. The van der Waals surface area contributed by atoms with Crippen LogP contribution in [0.2, 0.25) is 0 Å². The van der Waals surface area contributed by atoms with Gasteiger partial charge in [-0.1, -0.05) is 19.1 Å². The summed E-state index contributed by atoms with van der Waals surface area (Å²) in [6, 6.07) is 5.42. The van der Waals surface area contributed by atoms with Crippen LogP contribution in [0.5, 0.6) is 0 Å². The Morgan fingerprint density at radius 3 is 2.89 bits per heavy atom. The summed E-state index contributed by atoms with van der Waals surface area (Å²) in [7, 11) is 1.81. The van der Waals surface area contributed by atoms with Crippen LogP contribution in [0.1, 0.15) is 30.3 Å². The highest BCUT2D eigenvalue weighted by atomic mass is 19.1. The molecular formula is C15H20FN3. The van der Waals surface area contributed by atoms with E-state index in [1.807, 2.05) is 25.4 Å². The fourth-order valence-electron chi connectivity index (χ4n) is 2.17. The Balaban J connectivity index is 2.14. The Hall–Kier alpha value is -1.68. The van der Waals surface area contributed by atoms with E-state index in [2.05, 4.69) is 21.8 Å². The van der Waals surface area contributed by atoms with E-state index in [9.17, 15) is 4.39 Å². The van der Waals surface area contributed by atoms with Gasteiger partial charge in [-0.25, -0.2) is 9.37 Å². The minimum Gasteiger partial charge on any atom is -0.335 e. The molecule has 0 amide bonds. The van der Waals surface area contributed by atoms with Gasteiger partial charge in [0.2, 0.25) is 0 Å². The minimum atomic E-state index is -0.152. The number of aryl methyl sites for hydroxylation is 1. The van der Waals surface area contributed by atoms with Crippen molar-refractivity contribution in [2.75, 3.05) is 7.05 Å². The van der Waals surface area contributed by atoms with Crippen LogP contribution in [-0.4, -0.2) is 16.6 Å². The van der Waals surface area contributed by atoms with Gasteiger partial charge in [0.15, 0.2) is 0 Å². The van der Waals surface area contributed by atoms with Gasteiger partial charge in [0, 0.05) is 37.5 Å². The normalized spacial score (nSPS) is 10.9. The smallest absolute Gasteiger partial charge is 0.127 e. The molecule has 0 spiro atoms. The van der Waals surface area contributed by atoms with Crippen molar-refractivity contribution in [2.24, 2.45) is 0 Å². The summed E-state index contributed by atoms with van der Waals surface area (Å²) < 4.78 is 16.0. The quantitative estimate of drug-likeness (QED) is 0.866. The van der Waals surface area contributed by atoms with Crippen molar-refractivity contribution < 1.29 is 4.39 Å². The largest absolute Gasteiger partial charge is 0.335 e. The van der Waals surface area contributed by atoms with Crippen molar-refractivity contribution in [3.8, 4) is 0 Å². The van der Waals surface area contributed by atoms with Gasteiger partial charge < -0.3 is 9.88 Å². The van der Waals surface area contributed by atoms with E-state index >= 15 is 0 Å². The molecule has 0 unspecified atom stereocenters. The van der Waals surface area contributed by atoms with Crippen molar-refractivity contribution >= 4 is 0 Å². The number of imidazole rings is 1. The Labute approximate surface area is 113 Å². The second-order valence-electron chi connectivity index (χ2n) is 4.67. The number of rotatable bonds is 6. The third-order valence-electron chi connectivity index (χ3n) is 3.11. The van der Waals surface area contributed by atoms with E-state index in [1.54, 1.807) is 12.3 Å². The highest BCUT2D eigenvalue weighted by Gasteiger charge is 2.07. The van der Waals surface area contributed by atoms with E-state index in [0.717, 1.165) is 24.4 Å². The first-order chi connectivity index (χ1) is 9.24. The molecule has 19 heavy (non-hydrogen) atoms. The van der Waals surface area contributed by atoms with Crippen LogP contribution in [-0.2, 0) is 19.5 Å². The van der Waals surface area contributed by atoms with E-state index in [1.165, 1.54) is 0 Å². The molecule has 0 aliphatic rings. The molecule has 102 valence electrons. The summed E-state index contributed by atoms with van der Waals surface area (Å²) in [4.78, 5) is 4.35. The van der Waals surface area contributed by atoms with E-state index in [-0.39, 0.29) is 5.82 Å². The number of hydrogen-bond acceptors (Lipinski definition) is 2. The van der Waals surface area contributed by atoms with Crippen molar-refractivity contribution in [3.05, 3.63) is 53.4 Å². The molecule has 0 aliphatic heterocycles. The Bertz CT molecular complexity index is 534. The minimum absolute atomic E-state index is 0.152. The van der Waals surface area contributed by atoms with Crippen molar-refractivity contribution in [1.82, 2.24) is 14.9 Å². The third-order valence-corrected chi connectivity index (χ3v) is 3.11. The monoisotopic (exact) mass is 261 g/mol. The molecule has 0 bridgehead atoms. The van der Waals surface area contributed by atoms with Crippen molar-refractivity contribution in [3.63, 3.8) is 0 Å². The predicted octanol–water partition coefficient (Wildman–Crippen LogP) is 2.74. The average molecular weight is 261 g/mol. The zero-order valence-corrected chi connectivity index (χ0v) is 11.5. The molecule has 0 atom stereocenters. The number of nitrogens with zero attached hydrogens (tertiary/aromatic N) is 2. The molecule has 3 nitrogen and oxygen atoms in total. The van der Waals surface area contributed by atoms with Gasteiger partial charge >= 0.3 is 0 Å². The van der Waals surface area contributed by atoms with Gasteiger partial charge in [-0.15, -0.1) is 0 Å². The van der Waals surface area contributed by atoms with Gasteiger partial charge in [0.05, 0.1) is 0 Å². The van der Waals surface area contributed by atoms with Crippen LogP contribution in [0.3, 0.4) is 0 Å². The van der Waals surface area contributed by atoms with Gasteiger partial charge in [-0.3, -0.25) is 0 Å². The molecule has 4 heteroatoms. The van der Waals surface area contributed by atoms with E-state index < -0.39 is 0 Å². The van der Waals surface area contributed by atoms with Crippen LogP contribution in [0, 0.1) is 5.82 Å². The first-order valence-electron chi connectivity index (χ1n) is 6.66. The summed E-state index contributed by atoms with van der Waals surface area (Å²) in [5.74, 6) is 0.836. The topological polar surface area (TPSA) is 29.9 Å². The maximum Gasteiger partial charge on any atom is 0.127 e. The molecule has 1 aromatic carbocycles. The molecule has 2 aromatic rings. The summed E-state index contributed by atoms with van der Waals surface area (Å²) in [6.07, 6.45) is 5.52. The Morgan fingerprint density at radius 1 is 1.37 bits per heavy atom. The maximum atomic E-state index is 13.8. The fourth-order valence-corrected chi connectivity index (χ4v) is 2.17. The summed E-state index contributed by atoms with van der Waals surface area (Å²) >= 11 is 0. The summed E-state index contributed by atoms with van der Waals surface area (Å²) in [6.45, 7) is 3.64. The molecule has 0 aliphatic carbocycles. The van der Waals surface area contributed by atoms with Crippen LogP contribution in [0.15, 0.2) is 30.6 Å². The number of benzene rings is 1. The van der Waals surface area contributed by atoms with Gasteiger partial charge in [-0.05, 0) is 25.1 Å². The van der Waals surface area contributed by atoms with Gasteiger partial charge in [-0.2, -0.15) is 0 Å². The number of hydrogen-bond donors (Lipinski definition) is 1. The lowest BCUT2D eigenvalue weighted by atomic mass is 10.1. The van der Waals surface area contributed by atoms with Crippen LogP contribution < -0.4 is 5.32 Å². The number of nitrogens with one attached hydrogen (secondary N) is 1. The highest BCUT2D eigenvalue weighted by molar-refractivity contribution is 5.26. The molecule has 0 saturated heterocycles. The highest BCUT2D eigenvalue weighted by Crippen LogP contribution is 2.14. The summed E-state index contributed by atoms with van der Waals surface area (Å²) in [5, 5.41) is 2.96. The zero-order chi connectivity index (χ0) is 13.7. The molecule has 2 rings (SSSR count). The van der Waals surface area contributed by atoms with Crippen molar-refractivity contribution in [1.29, 1.82) is 0 Å². The first-order valence-corrected chi connectivity index (χ1v) is 6.66. The van der Waals surface area contributed by atoms with Crippen LogP contribution in [0.25, 0.3) is 0 Å². The lowest BCUT2D eigenvalue weighted by Crippen LogP contribution is -2.08. The third kappa shape index (κ3) is 3.41. The second-order valence-corrected chi connectivity index (χ2v) is 4.67. The van der Waals surface area contributed by atoms with E-state index in [0.29, 0.717) is 18.5 Å². The van der Waals surface area contributed by atoms with Crippen LogP contribution >= 0.6 is 0 Å². The Morgan fingerprint density at radius 2 is 2.21 bits per heavy atom. The fraction of sp³-hybridized carbons (Fsp3) is 0.400. The number of aromatic nitrogens is 2. The number of halogens is 1. The standard InChI is InChI=1S/C15H20FN3/c1-3-7-19-8-6-18-15(19)10-12-4-5-13(11-17-2)14(16)9-12/h4-6,8-9,17H,3,7,10-11H2,1-2H3. The maximum absolute atomic E-state index is 13.8. The molecule has 0 saturated carbocycles. The van der Waals surface area contributed by atoms with Crippen LogP contribution in [0.4, 0.5) is 4.39 Å². The predicted molar refractivity (Wildman–Crippen MR) is 74.5 cm³/mol. The van der Waals surface area contributed by atoms with Gasteiger partial charge in [0.1, 0.15) is 11.6 Å². The zero-order valence-electron chi connectivity index (χ0n) is 11.5. The van der Waals surface area contributed by atoms with Gasteiger partial charge in [0.25, 0.3) is 0 Å². The van der Waals surface area contributed by atoms with E-state index in [4.69, 9.17) is 0 Å². The molecular weight excluding hydrogens is 241 g/mol. The van der Waals surface area contributed by atoms with Crippen molar-refractivity contribution in [2.45, 2.75) is 32.9 Å². The summed E-state index contributed by atoms with van der Waals surface area (Å²) in [5.41, 5.74) is 1.66. The lowest BCUT2D eigenvalue weighted by molar-refractivity contribution is 0.597. The molecule has 1 aromatic heterocycles. The second kappa shape index (κ2) is 6.48. The molecule has 1 N–H and O–H groups in total. The SMILES string of the molecule is CCCn1ccnc1Cc1ccc(CNC)c(F)c1. The lowest BCUT2D eigenvalue weighted by Gasteiger charge is -2.08. The first kappa shape index (κ1) is 13.7. The molecule has 0 fully saturated rings.